The van der Waals surface area contributed by atoms with E-state index in [0.29, 0.717) is 24.2 Å². The number of anilines is 1. The Bertz CT molecular complexity index is 633. The van der Waals surface area contributed by atoms with Crippen LogP contribution in [-0.4, -0.2) is 5.91 Å². The van der Waals surface area contributed by atoms with Gasteiger partial charge in [-0.15, -0.1) is 0 Å². The van der Waals surface area contributed by atoms with E-state index in [4.69, 9.17) is 5.53 Å². The fourth-order valence-corrected chi connectivity index (χ4v) is 1.82. The third-order valence-electron chi connectivity index (χ3n) is 2.77. The minimum Gasteiger partial charge on any atom is -0.326 e. The molecule has 0 radical (unpaired) electrons. The molecule has 1 N–H and O–H groups in total. The molecule has 0 atom stereocenters. The van der Waals surface area contributed by atoms with Crippen molar-refractivity contribution in [1.82, 2.24) is 0 Å². The molecule has 0 aliphatic rings. The second-order valence-corrected chi connectivity index (χ2v) is 4.27. The molecule has 0 bridgehead atoms. The molecule has 0 heterocycles. The number of amides is 1. The van der Waals surface area contributed by atoms with Gasteiger partial charge in [0.1, 0.15) is 0 Å². The van der Waals surface area contributed by atoms with Gasteiger partial charge in [0.15, 0.2) is 0 Å². The molecule has 0 saturated carbocycles. The van der Waals surface area contributed by atoms with Gasteiger partial charge >= 0.3 is 0 Å². The van der Waals surface area contributed by atoms with Crippen molar-refractivity contribution < 1.29 is 4.79 Å². The van der Waals surface area contributed by atoms with Crippen molar-refractivity contribution in [3.8, 4) is 0 Å². The van der Waals surface area contributed by atoms with Crippen molar-refractivity contribution in [1.29, 1.82) is 0 Å². The van der Waals surface area contributed by atoms with E-state index in [0.717, 1.165) is 5.56 Å². The lowest BCUT2D eigenvalue weighted by molar-refractivity contribution is -0.116. The molecule has 20 heavy (non-hydrogen) atoms. The van der Waals surface area contributed by atoms with E-state index in [1.54, 1.807) is 24.3 Å². The van der Waals surface area contributed by atoms with Gasteiger partial charge in [-0.3, -0.25) is 4.79 Å². The first kappa shape index (κ1) is 13.6. The van der Waals surface area contributed by atoms with Crippen LogP contribution in [0.4, 0.5) is 11.4 Å². The van der Waals surface area contributed by atoms with Crippen LogP contribution in [0.2, 0.25) is 0 Å². The summed E-state index contributed by atoms with van der Waals surface area (Å²) in [5, 5.41) is 6.29. The van der Waals surface area contributed by atoms with Crippen molar-refractivity contribution in [3.05, 3.63) is 70.6 Å². The summed E-state index contributed by atoms with van der Waals surface area (Å²) in [7, 11) is 0. The summed E-state index contributed by atoms with van der Waals surface area (Å²) in [5.74, 6) is -0.0630. The highest BCUT2D eigenvalue weighted by Gasteiger charge is 2.03. The summed E-state index contributed by atoms with van der Waals surface area (Å²) in [5.41, 5.74) is 10.6. The van der Waals surface area contributed by atoms with Crippen molar-refractivity contribution in [3.63, 3.8) is 0 Å². The number of azide groups is 1. The Hall–Kier alpha value is -2.78. The van der Waals surface area contributed by atoms with Gasteiger partial charge in [-0.25, -0.2) is 0 Å². The van der Waals surface area contributed by atoms with E-state index < -0.39 is 0 Å². The van der Waals surface area contributed by atoms with Crippen LogP contribution >= 0.6 is 0 Å². The maximum absolute atomic E-state index is 11.8. The molecule has 1 amide bonds. The molecule has 0 aliphatic carbocycles. The monoisotopic (exact) mass is 266 g/mol. The number of hydrogen-bond acceptors (Lipinski definition) is 2. The van der Waals surface area contributed by atoms with Crippen LogP contribution in [0.5, 0.6) is 0 Å². The number of carbonyl (C=O) groups excluding carboxylic acids is 1. The molecule has 0 saturated heterocycles. The van der Waals surface area contributed by atoms with Crippen LogP contribution < -0.4 is 5.32 Å². The molecule has 5 heteroatoms. The smallest absolute Gasteiger partial charge is 0.224 e. The van der Waals surface area contributed by atoms with E-state index in [9.17, 15) is 4.79 Å². The molecule has 0 fully saturated rings. The average molecular weight is 266 g/mol. The number of hydrogen-bond donors (Lipinski definition) is 1. The summed E-state index contributed by atoms with van der Waals surface area (Å²) < 4.78 is 0. The summed E-state index contributed by atoms with van der Waals surface area (Å²) >= 11 is 0. The highest BCUT2D eigenvalue weighted by Crippen LogP contribution is 2.18. The predicted molar refractivity (Wildman–Crippen MR) is 78.6 cm³/mol. The first-order chi connectivity index (χ1) is 9.78. The third kappa shape index (κ3) is 4.15. The van der Waals surface area contributed by atoms with Crippen molar-refractivity contribution in [2.45, 2.75) is 12.8 Å². The van der Waals surface area contributed by atoms with E-state index >= 15 is 0 Å². The molecule has 2 aromatic carbocycles. The largest absolute Gasteiger partial charge is 0.326 e. The molecule has 0 aliphatic heterocycles. The molecule has 0 unspecified atom stereocenters. The van der Waals surface area contributed by atoms with E-state index in [1.807, 2.05) is 30.3 Å². The number of rotatable bonds is 5. The Morgan fingerprint density at radius 3 is 2.70 bits per heavy atom. The molecule has 100 valence electrons. The lowest BCUT2D eigenvalue weighted by Crippen LogP contribution is -2.12. The Morgan fingerprint density at radius 1 is 1.15 bits per heavy atom. The second-order valence-electron chi connectivity index (χ2n) is 4.27. The number of benzene rings is 2. The Balaban J connectivity index is 1.91. The molecule has 2 aromatic rings. The van der Waals surface area contributed by atoms with Crippen LogP contribution in [0.3, 0.4) is 0 Å². The highest BCUT2D eigenvalue weighted by molar-refractivity contribution is 5.91. The maximum atomic E-state index is 11.8. The quantitative estimate of drug-likeness (QED) is 0.491. The lowest BCUT2D eigenvalue weighted by Gasteiger charge is -2.06. The maximum Gasteiger partial charge on any atom is 0.224 e. The molecular weight excluding hydrogens is 252 g/mol. The fraction of sp³-hybridized carbons (Fsp3) is 0.133. The second kappa shape index (κ2) is 6.97. The Labute approximate surface area is 116 Å². The molecular formula is C15H14N4O. The average Bonchev–Trinajstić information content (AvgIpc) is 2.47. The fourth-order valence-electron chi connectivity index (χ4n) is 1.82. The van der Waals surface area contributed by atoms with Crippen LogP contribution in [0, 0.1) is 0 Å². The van der Waals surface area contributed by atoms with Gasteiger partial charge in [0.2, 0.25) is 5.91 Å². The summed E-state index contributed by atoms with van der Waals surface area (Å²) in [6, 6.07) is 16.7. The lowest BCUT2D eigenvalue weighted by atomic mass is 10.1. The van der Waals surface area contributed by atoms with Crippen molar-refractivity contribution in [2.24, 2.45) is 5.11 Å². The standard InChI is InChI=1S/C15H14N4O/c16-19-18-14-8-4-7-13(11-14)17-15(20)10-9-12-5-2-1-3-6-12/h1-8,11H,9-10H2,(H,17,20). The minimum absolute atomic E-state index is 0.0630. The Kier molecular flexibility index (Phi) is 4.76. The van der Waals surface area contributed by atoms with Gasteiger partial charge in [-0.1, -0.05) is 47.6 Å². The summed E-state index contributed by atoms with van der Waals surface area (Å²) in [6.07, 6.45) is 1.11. The van der Waals surface area contributed by atoms with Crippen LogP contribution in [-0.2, 0) is 11.2 Å². The third-order valence-corrected chi connectivity index (χ3v) is 2.77. The van der Waals surface area contributed by atoms with E-state index in [-0.39, 0.29) is 5.91 Å². The topological polar surface area (TPSA) is 77.9 Å². The van der Waals surface area contributed by atoms with E-state index in [2.05, 4.69) is 15.3 Å². The number of carbonyl (C=O) groups is 1. The van der Waals surface area contributed by atoms with Gasteiger partial charge in [0.25, 0.3) is 0 Å². The number of nitrogens with one attached hydrogen (secondary N) is 1. The zero-order valence-corrected chi connectivity index (χ0v) is 10.9. The first-order valence-corrected chi connectivity index (χ1v) is 6.27. The highest BCUT2D eigenvalue weighted by atomic mass is 16.1. The van der Waals surface area contributed by atoms with Crippen LogP contribution in [0.1, 0.15) is 12.0 Å². The first-order valence-electron chi connectivity index (χ1n) is 6.27. The summed E-state index contributed by atoms with van der Waals surface area (Å²) in [4.78, 5) is 14.6. The van der Waals surface area contributed by atoms with Crippen LogP contribution in [0.15, 0.2) is 59.7 Å². The molecule has 0 aromatic heterocycles. The molecule has 2 rings (SSSR count). The van der Waals surface area contributed by atoms with Gasteiger partial charge < -0.3 is 5.32 Å². The predicted octanol–water partition coefficient (Wildman–Crippen LogP) is 4.20. The number of nitrogens with zero attached hydrogens (tertiary/aromatic N) is 3. The van der Waals surface area contributed by atoms with Gasteiger partial charge in [-0.2, -0.15) is 0 Å². The van der Waals surface area contributed by atoms with Crippen molar-refractivity contribution in [2.75, 3.05) is 5.32 Å². The normalized spacial score (nSPS) is 9.60. The minimum atomic E-state index is -0.0630. The van der Waals surface area contributed by atoms with Crippen molar-refractivity contribution >= 4 is 17.3 Å². The Morgan fingerprint density at radius 2 is 1.95 bits per heavy atom. The SMILES string of the molecule is [N-]=[N+]=Nc1cccc(NC(=O)CCc2ccccc2)c1. The molecule has 5 nitrogen and oxygen atoms in total. The van der Waals surface area contributed by atoms with E-state index in [1.165, 1.54) is 0 Å². The van der Waals surface area contributed by atoms with Crippen LogP contribution in [0.25, 0.3) is 10.4 Å². The molecule has 0 spiro atoms. The zero-order valence-electron chi connectivity index (χ0n) is 10.9. The van der Waals surface area contributed by atoms with Gasteiger partial charge in [0.05, 0.1) is 0 Å². The van der Waals surface area contributed by atoms with Gasteiger partial charge in [-0.05, 0) is 29.6 Å². The number of aryl methyl sites for hydroxylation is 1. The van der Waals surface area contributed by atoms with Gasteiger partial charge in [0, 0.05) is 22.7 Å². The summed E-state index contributed by atoms with van der Waals surface area (Å²) in [6.45, 7) is 0. The zero-order chi connectivity index (χ0) is 14.2.